The first-order valence-corrected chi connectivity index (χ1v) is 7.52. The number of fused-ring (bicyclic) bond motifs is 1. The van der Waals surface area contributed by atoms with E-state index in [0.29, 0.717) is 12.0 Å². The van der Waals surface area contributed by atoms with Crippen molar-refractivity contribution in [2.24, 2.45) is 5.92 Å². The fourth-order valence-corrected chi connectivity index (χ4v) is 3.19. The third-order valence-corrected chi connectivity index (χ3v) is 4.17. The molecule has 1 saturated heterocycles. The summed E-state index contributed by atoms with van der Waals surface area (Å²) in [5.74, 6) is 1.59. The van der Waals surface area contributed by atoms with Crippen molar-refractivity contribution < 1.29 is 4.39 Å². The Labute approximate surface area is 119 Å². The van der Waals surface area contributed by atoms with Crippen LogP contribution in [-0.4, -0.2) is 22.6 Å². The minimum absolute atomic E-state index is 0.209. The van der Waals surface area contributed by atoms with Crippen molar-refractivity contribution in [3.8, 4) is 0 Å². The molecule has 4 heteroatoms. The van der Waals surface area contributed by atoms with Crippen LogP contribution >= 0.6 is 0 Å². The third-order valence-electron chi connectivity index (χ3n) is 4.17. The minimum atomic E-state index is -0.209. The Bertz CT molecular complexity index is 597. The van der Waals surface area contributed by atoms with Crippen LogP contribution in [0.3, 0.4) is 0 Å². The first-order valence-electron chi connectivity index (χ1n) is 7.52. The average molecular weight is 275 g/mol. The lowest BCUT2D eigenvalue weighted by Gasteiger charge is -2.23. The van der Waals surface area contributed by atoms with Crippen LogP contribution in [-0.2, 0) is 6.42 Å². The van der Waals surface area contributed by atoms with Gasteiger partial charge in [-0.2, -0.15) is 0 Å². The highest BCUT2D eigenvalue weighted by atomic mass is 19.1. The van der Waals surface area contributed by atoms with Crippen molar-refractivity contribution in [1.29, 1.82) is 0 Å². The van der Waals surface area contributed by atoms with Crippen LogP contribution in [0.4, 0.5) is 4.39 Å². The standard InChI is InChI=1S/C16H22FN3/c1-11(2)20-15-4-3-13(17)10-14(15)19-16(20)9-12-5-7-18-8-6-12/h3-4,10-12,18H,5-9H2,1-2H3. The molecule has 0 radical (unpaired) electrons. The predicted octanol–water partition coefficient (Wildman–Crippen LogP) is 3.30. The molecule has 1 aliphatic heterocycles. The van der Waals surface area contributed by atoms with Crippen LogP contribution in [0.25, 0.3) is 11.0 Å². The number of hydrogen-bond donors (Lipinski definition) is 1. The van der Waals surface area contributed by atoms with Gasteiger partial charge in [0.2, 0.25) is 0 Å². The summed E-state index contributed by atoms with van der Waals surface area (Å²) in [5, 5.41) is 3.40. The second-order valence-corrected chi connectivity index (χ2v) is 6.02. The number of nitrogens with zero attached hydrogens (tertiary/aromatic N) is 2. The van der Waals surface area contributed by atoms with Gasteiger partial charge in [-0.3, -0.25) is 0 Å². The molecule has 0 atom stereocenters. The number of rotatable bonds is 3. The molecule has 20 heavy (non-hydrogen) atoms. The Morgan fingerprint density at radius 1 is 1.35 bits per heavy atom. The lowest BCUT2D eigenvalue weighted by atomic mass is 9.94. The van der Waals surface area contributed by atoms with Gasteiger partial charge in [-0.1, -0.05) is 0 Å². The Morgan fingerprint density at radius 3 is 2.80 bits per heavy atom. The zero-order chi connectivity index (χ0) is 14.1. The lowest BCUT2D eigenvalue weighted by molar-refractivity contribution is 0.361. The van der Waals surface area contributed by atoms with Crippen LogP contribution in [0, 0.1) is 11.7 Å². The van der Waals surface area contributed by atoms with E-state index in [-0.39, 0.29) is 5.82 Å². The summed E-state index contributed by atoms with van der Waals surface area (Å²) in [6, 6.07) is 5.27. The predicted molar refractivity (Wildman–Crippen MR) is 79.4 cm³/mol. The first-order chi connectivity index (χ1) is 9.65. The number of nitrogens with one attached hydrogen (secondary N) is 1. The quantitative estimate of drug-likeness (QED) is 0.931. The number of piperidine rings is 1. The minimum Gasteiger partial charge on any atom is -0.325 e. The van der Waals surface area contributed by atoms with Gasteiger partial charge in [0, 0.05) is 18.5 Å². The van der Waals surface area contributed by atoms with E-state index in [1.54, 1.807) is 6.07 Å². The van der Waals surface area contributed by atoms with E-state index in [1.165, 1.54) is 18.9 Å². The highest BCUT2D eigenvalue weighted by Crippen LogP contribution is 2.25. The van der Waals surface area contributed by atoms with Crippen molar-refractivity contribution in [2.75, 3.05) is 13.1 Å². The van der Waals surface area contributed by atoms with Gasteiger partial charge in [-0.05, 0) is 57.8 Å². The van der Waals surface area contributed by atoms with Gasteiger partial charge in [0.25, 0.3) is 0 Å². The third kappa shape index (κ3) is 2.57. The first kappa shape index (κ1) is 13.6. The van der Waals surface area contributed by atoms with Crippen molar-refractivity contribution in [3.63, 3.8) is 0 Å². The topological polar surface area (TPSA) is 29.9 Å². The number of hydrogen-bond acceptors (Lipinski definition) is 2. The van der Waals surface area contributed by atoms with E-state index in [0.717, 1.165) is 36.4 Å². The van der Waals surface area contributed by atoms with E-state index < -0.39 is 0 Å². The Morgan fingerprint density at radius 2 is 2.10 bits per heavy atom. The molecule has 2 aromatic rings. The Kier molecular flexibility index (Phi) is 3.74. The molecule has 3 rings (SSSR count). The fraction of sp³-hybridized carbons (Fsp3) is 0.562. The number of benzene rings is 1. The van der Waals surface area contributed by atoms with Gasteiger partial charge in [0.1, 0.15) is 11.6 Å². The summed E-state index contributed by atoms with van der Waals surface area (Å²) in [5.41, 5.74) is 1.83. The molecule has 0 aliphatic carbocycles. The summed E-state index contributed by atoms with van der Waals surface area (Å²) in [6.45, 7) is 6.52. The average Bonchev–Trinajstić information content (AvgIpc) is 2.76. The SMILES string of the molecule is CC(C)n1c(CC2CCNCC2)nc2cc(F)ccc21. The summed E-state index contributed by atoms with van der Waals surface area (Å²) in [4.78, 5) is 4.69. The molecule has 0 saturated carbocycles. The molecule has 1 N–H and O–H groups in total. The van der Waals surface area contributed by atoms with Gasteiger partial charge in [-0.25, -0.2) is 9.37 Å². The van der Waals surface area contributed by atoms with Crippen molar-refractivity contribution in [2.45, 2.75) is 39.2 Å². The van der Waals surface area contributed by atoms with E-state index in [4.69, 9.17) is 4.98 Å². The van der Waals surface area contributed by atoms with Gasteiger partial charge < -0.3 is 9.88 Å². The summed E-state index contributed by atoms with van der Waals surface area (Å²) < 4.78 is 15.6. The van der Waals surface area contributed by atoms with Crippen LogP contribution in [0.2, 0.25) is 0 Å². The molecule has 0 spiro atoms. The molecule has 1 aliphatic rings. The summed E-state index contributed by atoms with van der Waals surface area (Å²) >= 11 is 0. The maximum Gasteiger partial charge on any atom is 0.125 e. The molecule has 2 heterocycles. The maximum absolute atomic E-state index is 13.4. The zero-order valence-corrected chi connectivity index (χ0v) is 12.2. The van der Waals surface area contributed by atoms with E-state index >= 15 is 0 Å². The number of aromatic nitrogens is 2. The molecular weight excluding hydrogens is 253 g/mol. The highest BCUT2D eigenvalue weighted by Gasteiger charge is 2.19. The molecule has 3 nitrogen and oxygen atoms in total. The van der Waals surface area contributed by atoms with Crippen LogP contribution in [0.15, 0.2) is 18.2 Å². The molecule has 1 aromatic heterocycles. The van der Waals surface area contributed by atoms with Crippen molar-refractivity contribution >= 4 is 11.0 Å². The molecule has 1 aromatic carbocycles. The highest BCUT2D eigenvalue weighted by molar-refractivity contribution is 5.76. The zero-order valence-electron chi connectivity index (χ0n) is 12.2. The molecule has 0 amide bonds. The van der Waals surface area contributed by atoms with Gasteiger partial charge >= 0.3 is 0 Å². The molecular formula is C16H22FN3. The van der Waals surface area contributed by atoms with Crippen LogP contribution < -0.4 is 5.32 Å². The normalized spacial score (nSPS) is 17.2. The summed E-state index contributed by atoms with van der Waals surface area (Å²) in [6.07, 6.45) is 3.40. The largest absolute Gasteiger partial charge is 0.325 e. The summed E-state index contributed by atoms with van der Waals surface area (Å²) in [7, 11) is 0. The molecule has 1 fully saturated rings. The van der Waals surface area contributed by atoms with Gasteiger partial charge in [0.05, 0.1) is 11.0 Å². The molecule has 0 unspecified atom stereocenters. The van der Waals surface area contributed by atoms with E-state index in [9.17, 15) is 4.39 Å². The van der Waals surface area contributed by atoms with Crippen LogP contribution in [0.1, 0.15) is 38.6 Å². The van der Waals surface area contributed by atoms with Gasteiger partial charge in [0.15, 0.2) is 0 Å². The van der Waals surface area contributed by atoms with Gasteiger partial charge in [-0.15, -0.1) is 0 Å². The van der Waals surface area contributed by atoms with Crippen molar-refractivity contribution in [1.82, 2.24) is 14.9 Å². The van der Waals surface area contributed by atoms with E-state index in [1.807, 2.05) is 6.07 Å². The van der Waals surface area contributed by atoms with Crippen LogP contribution in [0.5, 0.6) is 0 Å². The molecule has 108 valence electrons. The maximum atomic E-state index is 13.4. The Balaban J connectivity index is 1.97. The lowest BCUT2D eigenvalue weighted by Crippen LogP contribution is -2.29. The smallest absolute Gasteiger partial charge is 0.125 e. The number of imidazole rings is 1. The monoisotopic (exact) mass is 275 g/mol. The Hall–Kier alpha value is -1.42. The second kappa shape index (κ2) is 5.52. The number of halogens is 1. The molecule has 0 bridgehead atoms. The fourth-order valence-electron chi connectivity index (χ4n) is 3.19. The van der Waals surface area contributed by atoms with E-state index in [2.05, 4.69) is 23.7 Å². The second-order valence-electron chi connectivity index (χ2n) is 6.02. The van der Waals surface area contributed by atoms with Crippen molar-refractivity contribution in [3.05, 3.63) is 29.8 Å².